The number of hydrogen-bond acceptors (Lipinski definition) is 2. The lowest BCUT2D eigenvalue weighted by Crippen LogP contribution is -2.48. The highest BCUT2D eigenvalue weighted by molar-refractivity contribution is 6.30. The first kappa shape index (κ1) is 20.0. The molecule has 27 heavy (non-hydrogen) atoms. The van der Waals surface area contributed by atoms with Gasteiger partial charge in [-0.2, -0.15) is 0 Å². The van der Waals surface area contributed by atoms with Crippen LogP contribution in [0.1, 0.15) is 56.9 Å². The highest BCUT2D eigenvalue weighted by Gasteiger charge is 2.26. The minimum absolute atomic E-state index is 0.0695. The summed E-state index contributed by atoms with van der Waals surface area (Å²) < 4.78 is 0. The average molecular weight is 392 g/mol. The van der Waals surface area contributed by atoms with Gasteiger partial charge in [0.1, 0.15) is 0 Å². The molecule has 1 aliphatic carbocycles. The molecule has 1 aromatic carbocycles. The topological polar surface area (TPSA) is 61.4 Å². The van der Waals surface area contributed by atoms with Crippen molar-refractivity contribution in [1.82, 2.24) is 15.5 Å². The number of urea groups is 1. The standard InChI is InChI=1S/C21H30ClN3O2/c22-18-6-4-5-17(13-18)15-23-20(26)14-16-9-11-25(12-10-16)21(27)24-19-7-2-1-3-8-19/h4-6,13,16,19H,1-3,7-12,14-15H2,(H,23,26)(H,24,27). The summed E-state index contributed by atoms with van der Waals surface area (Å²) in [4.78, 5) is 26.5. The molecule has 1 aromatic rings. The van der Waals surface area contributed by atoms with Crippen LogP contribution in [0, 0.1) is 5.92 Å². The van der Waals surface area contributed by atoms with E-state index in [1.54, 1.807) is 0 Å². The lowest BCUT2D eigenvalue weighted by Gasteiger charge is -2.33. The summed E-state index contributed by atoms with van der Waals surface area (Å²) in [6.45, 7) is 1.98. The van der Waals surface area contributed by atoms with Crippen LogP contribution in [0.2, 0.25) is 5.02 Å². The molecular formula is C21H30ClN3O2. The largest absolute Gasteiger partial charge is 0.352 e. The van der Waals surface area contributed by atoms with Crippen LogP contribution in [-0.4, -0.2) is 36.0 Å². The van der Waals surface area contributed by atoms with Gasteiger partial charge < -0.3 is 15.5 Å². The molecule has 2 N–H and O–H groups in total. The van der Waals surface area contributed by atoms with E-state index in [-0.39, 0.29) is 11.9 Å². The molecule has 0 atom stereocenters. The minimum Gasteiger partial charge on any atom is -0.352 e. The molecule has 3 rings (SSSR count). The van der Waals surface area contributed by atoms with E-state index in [4.69, 9.17) is 11.6 Å². The summed E-state index contributed by atoms with van der Waals surface area (Å²) in [5, 5.41) is 6.84. The Morgan fingerprint density at radius 3 is 2.52 bits per heavy atom. The number of benzene rings is 1. The van der Waals surface area contributed by atoms with Gasteiger partial charge in [0, 0.05) is 37.1 Å². The predicted molar refractivity (Wildman–Crippen MR) is 108 cm³/mol. The van der Waals surface area contributed by atoms with Gasteiger partial charge in [0.15, 0.2) is 0 Å². The molecule has 1 saturated carbocycles. The van der Waals surface area contributed by atoms with Gasteiger partial charge in [0.05, 0.1) is 0 Å². The van der Waals surface area contributed by atoms with Crippen molar-refractivity contribution in [3.8, 4) is 0 Å². The van der Waals surface area contributed by atoms with Crippen LogP contribution >= 0.6 is 11.6 Å². The lowest BCUT2D eigenvalue weighted by molar-refractivity contribution is -0.122. The number of carbonyl (C=O) groups is 2. The molecule has 5 nitrogen and oxygen atoms in total. The van der Waals surface area contributed by atoms with E-state index in [0.717, 1.165) is 44.3 Å². The molecule has 0 unspecified atom stereocenters. The van der Waals surface area contributed by atoms with Crippen molar-refractivity contribution >= 4 is 23.5 Å². The molecule has 2 fully saturated rings. The highest BCUT2D eigenvalue weighted by Crippen LogP contribution is 2.22. The number of halogens is 1. The summed E-state index contributed by atoms with van der Waals surface area (Å²) in [6, 6.07) is 7.95. The van der Waals surface area contributed by atoms with E-state index in [2.05, 4.69) is 10.6 Å². The number of nitrogens with one attached hydrogen (secondary N) is 2. The van der Waals surface area contributed by atoms with Crippen molar-refractivity contribution in [2.75, 3.05) is 13.1 Å². The van der Waals surface area contributed by atoms with Crippen molar-refractivity contribution in [3.05, 3.63) is 34.9 Å². The van der Waals surface area contributed by atoms with Gasteiger partial charge in [0.25, 0.3) is 0 Å². The molecule has 1 heterocycles. The number of piperidine rings is 1. The number of likely N-dealkylation sites (tertiary alicyclic amines) is 1. The van der Waals surface area contributed by atoms with Gasteiger partial charge >= 0.3 is 6.03 Å². The first-order valence-electron chi connectivity index (χ1n) is 10.2. The summed E-state index contributed by atoms with van der Waals surface area (Å²) in [6.07, 6.45) is 8.25. The van der Waals surface area contributed by atoms with Gasteiger partial charge in [-0.1, -0.05) is 43.0 Å². The summed E-state index contributed by atoms with van der Waals surface area (Å²) in [5.74, 6) is 0.420. The Bertz CT molecular complexity index is 638. The zero-order chi connectivity index (χ0) is 19.1. The summed E-state index contributed by atoms with van der Waals surface area (Å²) in [7, 11) is 0. The first-order valence-corrected chi connectivity index (χ1v) is 10.5. The predicted octanol–water partition coefficient (Wildman–Crippen LogP) is 4.10. The van der Waals surface area contributed by atoms with Crippen LogP contribution in [0.4, 0.5) is 4.79 Å². The van der Waals surface area contributed by atoms with Crippen LogP contribution in [-0.2, 0) is 11.3 Å². The zero-order valence-corrected chi connectivity index (χ0v) is 16.6. The SMILES string of the molecule is O=C(CC1CCN(C(=O)NC2CCCCC2)CC1)NCc1cccc(Cl)c1. The van der Waals surface area contributed by atoms with E-state index in [1.165, 1.54) is 19.3 Å². The molecule has 0 aromatic heterocycles. The Labute approximate surface area is 166 Å². The highest BCUT2D eigenvalue weighted by atomic mass is 35.5. The van der Waals surface area contributed by atoms with E-state index in [9.17, 15) is 9.59 Å². The van der Waals surface area contributed by atoms with Crippen molar-refractivity contribution in [1.29, 1.82) is 0 Å². The number of carbonyl (C=O) groups excluding carboxylic acids is 2. The average Bonchev–Trinajstić information content (AvgIpc) is 2.68. The number of hydrogen-bond donors (Lipinski definition) is 2. The third kappa shape index (κ3) is 6.42. The molecule has 2 aliphatic rings. The lowest BCUT2D eigenvalue weighted by atomic mass is 9.93. The summed E-state index contributed by atoms with van der Waals surface area (Å²) in [5.41, 5.74) is 1.00. The van der Waals surface area contributed by atoms with E-state index >= 15 is 0 Å². The number of rotatable bonds is 5. The number of amides is 3. The van der Waals surface area contributed by atoms with Gasteiger partial charge in [0.2, 0.25) is 5.91 Å². The number of nitrogens with zero attached hydrogens (tertiary/aromatic N) is 1. The van der Waals surface area contributed by atoms with Crippen molar-refractivity contribution in [2.45, 2.75) is 64.0 Å². The van der Waals surface area contributed by atoms with Crippen LogP contribution < -0.4 is 10.6 Å². The van der Waals surface area contributed by atoms with Gasteiger partial charge in [-0.3, -0.25) is 4.79 Å². The molecule has 0 spiro atoms. The molecule has 3 amide bonds. The van der Waals surface area contributed by atoms with Crippen LogP contribution in [0.3, 0.4) is 0 Å². The smallest absolute Gasteiger partial charge is 0.317 e. The van der Waals surface area contributed by atoms with Gasteiger partial charge in [-0.25, -0.2) is 4.79 Å². The second-order valence-electron chi connectivity index (χ2n) is 7.83. The van der Waals surface area contributed by atoms with Crippen molar-refractivity contribution in [2.24, 2.45) is 5.92 Å². The third-order valence-corrected chi connectivity index (χ3v) is 5.92. The molecular weight excluding hydrogens is 362 g/mol. The minimum atomic E-state index is 0.0695. The molecule has 6 heteroatoms. The molecule has 1 saturated heterocycles. The monoisotopic (exact) mass is 391 g/mol. The first-order chi connectivity index (χ1) is 13.1. The van der Waals surface area contributed by atoms with Crippen LogP contribution in [0.5, 0.6) is 0 Å². The zero-order valence-electron chi connectivity index (χ0n) is 15.9. The maximum Gasteiger partial charge on any atom is 0.317 e. The quantitative estimate of drug-likeness (QED) is 0.793. The van der Waals surface area contributed by atoms with Gasteiger partial charge in [-0.15, -0.1) is 0 Å². The molecule has 148 valence electrons. The third-order valence-electron chi connectivity index (χ3n) is 5.69. The summed E-state index contributed by atoms with van der Waals surface area (Å²) >= 11 is 5.97. The van der Waals surface area contributed by atoms with Crippen molar-refractivity contribution in [3.63, 3.8) is 0 Å². The molecule has 1 aliphatic heterocycles. The van der Waals surface area contributed by atoms with Crippen molar-refractivity contribution < 1.29 is 9.59 Å². The van der Waals surface area contributed by atoms with E-state index < -0.39 is 0 Å². The fourth-order valence-electron chi connectivity index (χ4n) is 4.03. The van der Waals surface area contributed by atoms with Crippen LogP contribution in [0.15, 0.2) is 24.3 Å². The van der Waals surface area contributed by atoms with E-state index in [1.807, 2.05) is 29.2 Å². The van der Waals surface area contributed by atoms with Gasteiger partial charge in [-0.05, 0) is 49.3 Å². The maximum atomic E-state index is 12.4. The Morgan fingerprint density at radius 1 is 1.07 bits per heavy atom. The molecule has 0 radical (unpaired) electrons. The second-order valence-corrected chi connectivity index (χ2v) is 8.26. The second kappa shape index (κ2) is 9.98. The Hall–Kier alpha value is -1.75. The Kier molecular flexibility index (Phi) is 7.39. The Morgan fingerprint density at radius 2 is 1.81 bits per heavy atom. The molecule has 0 bridgehead atoms. The fraction of sp³-hybridized carbons (Fsp3) is 0.619. The fourth-order valence-corrected chi connectivity index (χ4v) is 4.25. The normalized spacial score (nSPS) is 18.9. The Balaban J connectivity index is 1.34. The maximum absolute atomic E-state index is 12.4. The van der Waals surface area contributed by atoms with E-state index in [0.29, 0.717) is 29.9 Å². The van der Waals surface area contributed by atoms with Crippen LogP contribution in [0.25, 0.3) is 0 Å².